The number of alkyl halides is 2. The average molecular weight is 402 g/mol. The molecule has 0 bridgehead atoms. The van der Waals surface area contributed by atoms with Crippen molar-refractivity contribution in [3.63, 3.8) is 0 Å². The molecule has 4 rings (SSSR count). The highest BCUT2D eigenvalue weighted by Gasteiger charge is 2.34. The standard InChI is InChI=1S/C21H21F3N4O/c1-12-26-16-9-17(29)28(21(2)7-4-8-21)11-15(16)20(27-12)25-10-13-5-3-6-14(18(13)22)19(23)24/h3,5-6,9,11,19H,4,7-8,10H2,1-2H3,(H,25,26,27). The van der Waals surface area contributed by atoms with Crippen LogP contribution in [0.2, 0.25) is 0 Å². The minimum Gasteiger partial charge on any atom is -0.365 e. The molecule has 1 aliphatic carbocycles. The van der Waals surface area contributed by atoms with Gasteiger partial charge in [0.25, 0.3) is 12.0 Å². The van der Waals surface area contributed by atoms with Gasteiger partial charge in [0, 0.05) is 29.9 Å². The number of anilines is 1. The lowest BCUT2D eigenvalue weighted by molar-refractivity contribution is 0.146. The lowest BCUT2D eigenvalue weighted by Crippen LogP contribution is -2.43. The molecule has 1 saturated carbocycles. The van der Waals surface area contributed by atoms with Crippen LogP contribution >= 0.6 is 0 Å². The van der Waals surface area contributed by atoms with E-state index in [9.17, 15) is 18.0 Å². The second-order valence-electron chi connectivity index (χ2n) is 7.73. The van der Waals surface area contributed by atoms with E-state index in [-0.39, 0.29) is 23.2 Å². The highest BCUT2D eigenvalue weighted by atomic mass is 19.3. The molecule has 1 aliphatic rings. The smallest absolute Gasteiger partial charge is 0.266 e. The van der Waals surface area contributed by atoms with Crippen LogP contribution in [-0.2, 0) is 12.1 Å². The molecule has 1 N–H and O–H groups in total. The summed E-state index contributed by atoms with van der Waals surface area (Å²) in [6.07, 6.45) is 1.76. The number of hydrogen-bond donors (Lipinski definition) is 1. The SMILES string of the molecule is Cc1nc(NCc2cccc(C(F)F)c2F)c2cn(C3(C)CCC3)c(=O)cc2n1. The van der Waals surface area contributed by atoms with Gasteiger partial charge in [-0.1, -0.05) is 18.2 Å². The summed E-state index contributed by atoms with van der Waals surface area (Å²) in [5.41, 5.74) is -0.373. The number of halogens is 3. The predicted octanol–water partition coefficient (Wildman–Crippen LogP) is 4.69. The van der Waals surface area contributed by atoms with E-state index in [1.807, 2.05) is 6.92 Å². The number of nitrogens with one attached hydrogen (secondary N) is 1. The maximum atomic E-state index is 14.3. The normalized spacial score (nSPS) is 15.5. The Kier molecular flexibility index (Phi) is 4.80. The number of aromatic nitrogens is 3. The summed E-state index contributed by atoms with van der Waals surface area (Å²) in [6.45, 7) is 3.72. The second-order valence-corrected chi connectivity index (χ2v) is 7.73. The Bertz CT molecular complexity index is 1140. The Morgan fingerprint density at radius 2 is 2.03 bits per heavy atom. The van der Waals surface area contributed by atoms with Gasteiger partial charge in [0.1, 0.15) is 17.5 Å². The van der Waals surface area contributed by atoms with Gasteiger partial charge < -0.3 is 9.88 Å². The molecule has 2 heterocycles. The van der Waals surface area contributed by atoms with Crippen LogP contribution < -0.4 is 10.9 Å². The number of hydrogen-bond acceptors (Lipinski definition) is 4. The molecular formula is C21H21F3N4O. The molecule has 3 aromatic rings. The van der Waals surface area contributed by atoms with Crippen molar-refractivity contribution < 1.29 is 13.2 Å². The number of rotatable bonds is 5. The maximum absolute atomic E-state index is 14.3. The van der Waals surface area contributed by atoms with Gasteiger partial charge in [-0.3, -0.25) is 4.79 Å². The van der Waals surface area contributed by atoms with E-state index in [2.05, 4.69) is 15.3 Å². The number of benzene rings is 1. The Labute approximate surface area is 165 Å². The molecule has 5 nitrogen and oxygen atoms in total. The van der Waals surface area contributed by atoms with Crippen molar-refractivity contribution in [3.8, 4) is 0 Å². The summed E-state index contributed by atoms with van der Waals surface area (Å²) in [7, 11) is 0. The minimum atomic E-state index is -2.88. The van der Waals surface area contributed by atoms with E-state index in [0.717, 1.165) is 25.3 Å². The average Bonchev–Trinajstić information content (AvgIpc) is 2.64. The van der Waals surface area contributed by atoms with Gasteiger partial charge in [-0.25, -0.2) is 23.1 Å². The molecule has 0 saturated heterocycles. The summed E-state index contributed by atoms with van der Waals surface area (Å²) in [5, 5.41) is 3.67. The van der Waals surface area contributed by atoms with Crippen molar-refractivity contribution in [2.45, 2.75) is 51.6 Å². The van der Waals surface area contributed by atoms with Crippen molar-refractivity contribution in [2.24, 2.45) is 0 Å². The first kappa shape index (κ1) is 19.4. The van der Waals surface area contributed by atoms with Crippen LogP contribution in [0.25, 0.3) is 10.9 Å². The predicted molar refractivity (Wildman–Crippen MR) is 105 cm³/mol. The molecule has 2 aromatic heterocycles. The first-order valence-corrected chi connectivity index (χ1v) is 9.49. The van der Waals surface area contributed by atoms with Gasteiger partial charge in [0.05, 0.1) is 16.5 Å². The van der Waals surface area contributed by atoms with Crippen LogP contribution in [0.3, 0.4) is 0 Å². The van der Waals surface area contributed by atoms with Crippen molar-refractivity contribution in [3.05, 3.63) is 63.6 Å². The van der Waals surface area contributed by atoms with Gasteiger partial charge in [-0.2, -0.15) is 0 Å². The third kappa shape index (κ3) is 3.47. The van der Waals surface area contributed by atoms with E-state index in [1.165, 1.54) is 18.2 Å². The van der Waals surface area contributed by atoms with E-state index in [1.54, 1.807) is 17.7 Å². The fourth-order valence-electron chi connectivity index (χ4n) is 3.79. The third-order valence-electron chi connectivity index (χ3n) is 5.65. The lowest BCUT2D eigenvalue weighted by atomic mass is 9.78. The van der Waals surface area contributed by atoms with Gasteiger partial charge in [0.2, 0.25) is 0 Å². The van der Waals surface area contributed by atoms with Gasteiger partial charge in [-0.15, -0.1) is 0 Å². The Balaban J connectivity index is 1.73. The van der Waals surface area contributed by atoms with Crippen LogP contribution in [0.15, 0.2) is 35.3 Å². The van der Waals surface area contributed by atoms with Crippen LogP contribution in [0.5, 0.6) is 0 Å². The molecular weight excluding hydrogens is 381 g/mol. The zero-order chi connectivity index (χ0) is 20.8. The molecule has 29 heavy (non-hydrogen) atoms. The van der Waals surface area contributed by atoms with Crippen LogP contribution in [0, 0.1) is 12.7 Å². The topological polar surface area (TPSA) is 59.8 Å². The highest BCUT2D eigenvalue weighted by molar-refractivity contribution is 5.88. The van der Waals surface area contributed by atoms with Crippen LogP contribution in [0.1, 0.15) is 49.6 Å². The monoisotopic (exact) mass is 402 g/mol. The molecule has 0 radical (unpaired) electrons. The Hall–Kier alpha value is -2.90. The molecule has 1 fully saturated rings. The molecule has 0 aliphatic heterocycles. The first-order valence-electron chi connectivity index (χ1n) is 9.49. The fourth-order valence-corrected chi connectivity index (χ4v) is 3.79. The summed E-state index contributed by atoms with van der Waals surface area (Å²) in [6, 6.07) is 5.41. The fraction of sp³-hybridized carbons (Fsp3) is 0.381. The number of fused-ring (bicyclic) bond motifs is 1. The highest BCUT2D eigenvalue weighted by Crippen LogP contribution is 2.38. The largest absolute Gasteiger partial charge is 0.365 e. The second kappa shape index (κ2) is 7.17. The number of nitrogens with zero attached hydrogens (tertiary/aromatic N) is 3. The number of aryl methyl sites for hydroxylation is 1. The molecule has 8 heteroatoms. The van der Waals surface area contributed by atoms with Crippen molar-refractivity contribution in [2.75, 3.05) is 5.32 Å². The summed E-state index contributed by atoms with van der Waals surface area (Å²) < 4.78 is 42.0. The maximum Gasteiger partial charge on any atom is 0.266 e. The minimum absolute atomic E-state index is 0.0195. The van der Waals surface area contributed by atoms with Crippen molar-refractivity contribution in [1.29, 1.82) is 0 Å². The van der Waals surface area contributed by atoms with Crippen LogP contribution in [-0.4, -0.2) is 14.5 Å². The van der Waals surface area contributed by atoms with Gasteiger partial charge in [-0.05, 0) is 33.1 Å². The zero-order valence-corrected chi connectivity index (χ0v) is 16.2. The first-order chi connectivity index (χ1) is 13.8. The molecule has 0 unspecified atom stereocenters. The van der Waals surface area contributed by atoms with E-state index in [4.69, 9.17) is 0 Å². The lowest BCUT2D eigenvalue weighted by Gasteiger charge is -2.40. The third-order valence-corrected chi connectivity index (χ3v) is 5.65. The molecule has 1 aromatic carbocycles. The van der Waals surface area contributed by atoms with Gasteiger partial charge in [0.15, 0.2) is 0 Å². The van der Waals surface area contributed by atoms with Crippen molar-refractivity contribution >= 4 is 16.7 Å². The Morgan fingerprint density at radius 1 is 1.28 bits per heavy atom. The quantitative estimate of drug-likeness (QED) is 0.673. The van der Waals surface area contributed by atoms with Crippen LogP contribution in [0.4, 0.5) is 19.0 Å². The zero-order valence-electron chi connectivity index (χ0n) is 16.2. The summed E-state index contributed by atoms with van der Waals surface area (Å²) >= 11 is 0. The summed E-state index contributed by atoms with van der Waals surface area (Å²) in [5.74, 6) is -0.0381. The molecule has 0 amide bonds. The number of pyridine rings is 1. The Morgan fingerprint density at radius 3 is 2.69 bits per heavy atom. The van der Waals surface area contributed by atoms with E-state index < -0.39 is 17.8 Å². The molecule has 0 atom stereocenters. The van der Waals surface area contributed by atoms with E-state index >= 15 is 0 Å². The molecule has 0 spiro atoms. The van der Waals surface area contributed by atoms with Crippen molar-refractivity contribution in [1.82, 2.24) is 14.5 Å². The summed E-state index contributed by atoms with van der Waals surface area (Å²) in [4.78, 5) is 21.3. The van der Waals surface area contributed by atoms with E-state index in [0.29, 0.717) is 22.5 Å². The van der Waals surface area contributed by atoms with Gasteiger partial charge >= 0.3 is 0 Å². The molecule has 152 valence electrons.